The van der Waals surface area contributed by atoms with Gasteiger partial charge >= 0.3 is 0 Å². The molecule has 0 aliphatic heterocycles. The van der Waals surface area contributed by atoms with Crippen LogP contribution in [-0.4, -0.2) is 16.1 Å². The summed E-state index contributed by atoms with van der Waals surface area (Å²) in [5, 5.41) is 4.89. The van der Waals surface area contributed by atoms with E-state index >= 15 is 0 Å². The molecular formula is C11H9ClN2O. The fraction of sp³-hybridized carbons (Fsp3) is 0.0909. The Morgan fingerprint density at radius 1 is 1.33 bits per heavy atom. The second kappa shape index (κ2) is 3.87. The van der Waals surface area contributed by atoms with Crippen molar-refractivity contribution < 1.29 is 4.79 Å². The summed E-state index contributed by atoms with van der Waals surface area (Å²) >= 11 is 5.78. The summed E-state index contributed by atoms with van der Waals surface area (Å²) in [5.41, 5.74) is 2.18. The second-order valence-electron chi connectivity index (χ2n) is 3.22. The number of hydrogen-bond acceptors (Lipinski definition) is 2. The van der Waals surface area contributed by atoms with Crippen LogP contribution in [0.25, 0.3) is 5.69 Å². The number of halogens is 1. The summed E-state index contributed by atoms with van der Waals surface area (Å²) in [5.74, 6) is 0. The molecule has 4 heteroatoms. The lowest BCUT2D eigenvalue weighted by atomic mass is 10.3. The zero-order valence-corrected chi connectivity index (χ0v) is 8.90. The van der Waals surface area contributed by atoms with Crippen LogP contribution in [0.3, 0.4) is 0 Å². The van der Waals surface area contributed by atoms with Gasteiger partial charge in [-0.2, -0.15) is 5.10 Å². The molecule has 1 heterocycles. The number of aldehydes is 1. The van der Waals surface area contributed by atoms with Gasteiger partial charge in [0.2, 0.25) is 0 Å². The van der Waals surface area contributed by atoms with E-state index in [1.807, 2.05) is 19.1 Å². The minimum Gasteiger partial charge on any atom is -0.296 e. The van der Waals surface area contributed by atoms with Crippen LogP contribution in [0.2, 0.25) is 5.02 Å². The summed E-state index contributed by atoms with van der Waals surface area (Å²) in [6.45, 7) is 1.85. The zero-order chi connectivity index (χ0) is 10.8. The number of nitrogens with zero attached hydrogens (tertiary/aromatic N) is 2. The maximum Gasteiger partial charge on any atom is 0.168 e. The summed E-state index contributed by atoms with van der Waals surface area (Å²) in [7, 11) is 0. The lowest BCUT2D eigenvalue weighted by Crippen LogP contribution is -2.00. The van der Waals surface area contributed by atoms with Gasteiger partial charge in [-0.15, -0.1) is 0 Å². The molecule has 2 rings (SSSR count). The van der Waals surface area contributed by atoms with Crippen LogP contribution in [0.4, 0.5) is 0 Å². The van der Waals surface area contributed by atoms with E-state index in [9.17, 15) is 4.79 Å². The van der Waals surface area contributed by atoms with Gasteiger partial charge < -0.3 is 0 Å². The first-order valence-electron chi connectivity index (χ1n) is 4.48. The molecule has 0 bridgehead atoms. The average molecular weight is 221 g/mol. The van der Waals surface area contributed by atoms with Crippen LogP contribution in [0.5, 0.6) is 0 Å². The minimum atomic E-state index is 0.537. The normalized spacial score (nSPS) is 10.3. The first-order chi connectivity index (χ1) is 7.20. The number of aromatic nitrogens is 2. The quantitative estimate of drug-likeness (QED) is 0.730. The van der Waals surface area contributed by atoms with Crippen molar-refractivity contribution in [3.05, 3.63) is 46.7 Å². The van der Waals surface area contributed by atoms with E-state index in [1.165, 1.54) is 0 Å². The van der Waals surface area contributed by atoms with Gasteiger partial charge in [0.15, 0.2) is 6.29 Å². The number of benzene rings is 1. The fourth-order valence-electron chi connectivity index (χ4n) is 1.39. The smallest absolute Gasteiger partial charge is 0.168 e. The van der Waals surface area contributed by atoms with Crippen molar-refractivity contribution in [2.45, 2.75) is 6.92 Å². The van der Waals surface area contributed by atoms with Crippen LogP contribution in [0.15, 0.2) is 30.3 Å². The molecule has 0 saturated heterocycles. The average Bonchev–Trinajstić information content (AvgIpc) is 2.61. The molecule has 0 saturated carbocycles. The molecule has 15 heavy (non-hydrogen) atoms. The van der Waals surface area contributed by atoms with E-state index in [-0.39, 0.29) is 0 Å². The molecule has 0 radical (unpaired) electrons. The lowest BCUT2D eigenvalue weighted by Gasteiger charge is -2.02. The summed E-state index contributed by atoms with van der Waals surface area (Å²) in [6, 6.07) is 8.91. The van der Waals surface area contributed by atoms with Crippen LogP contribution in [-0.2, 0) is 0 Å². The fourth-order valence-corrected chi connectivity index (χ4v) is 1.52. The lowest BCUT2D eigenvalue weighted by molar-refractivity contribution is 0.111. The molecule has 0 aliphatic rings. The van der Waals surface area contributed by atoms with Crippen molar-refractivity contribution in [1.82, 2.24) is 9.78 Å². The van der Waals surface area contributed by atoms with Crippen molar-refractivity contribution in [3.63, 3.8) is 0 Å². The van der Waals surface area contributed by atoms with Crippen molar-refractivity contribution in [2.75, 3.05) is 0 Å². The molecule has 76 valence electrons. The van der Waals surface area contributed by atoms with Crippen LogP contribution >= 0.6 is 11.6 Å². The van der Waals surface area contributed by atoms with Crippen LogP contribution in [0, 0.1) is 6.92 Å². The molecule has 0 spiro atoms. The Kier molecular flexibility index (Phi) is 2.56. The van der Waals surface area contributed by atoms with E-state index in [0.717, 1.165) is 17.7 Å². The van der Waals surface area contributed by atoms with E-state index < -0.39 is 0 Å². The first kappa shape index (κ1) is 9.93. The minimum absolute atomic E-state index is 0.537. The largest absolute Gasteiger partial charge is 0.296 e. The topological polar surface area (TPSA) is 34.9 Å². The van der Waals surface area contributed by atoms with E-state index in [2.05, 4.69) is 5.10 Å². The van der Waals surface area contributed by atoms with E-state index in [4.69, 9.17) is 11.6 Å². The molecule has 0 unspecified atom stereocenters. The van der Waals surface area contributed by atoms with Gasteiger partial charge in [0.05, 0.1) is 11.4 Å². The van der Waals surface area contributed by atoms with Crippen molar-refractivity contribution in [1.29, 1.82) is 0 Å². The van der Waals surface area contributed by atoms with Crippen LogP contribution < -0.4 is 0 Å². The molecule has 0 N–H and O–H groups in total. The SMILES string of the molecule is Cc1cc(C=O)n(-c2ccc(Cl)cc2)n1. The molecular weight excluding hydrogens is 212 g/mol. The van der Waals surface area contributed by atoms with Gasteiger partial charge in [-0.1, -0.05) is 11.6 Å². The van der Waals surface area contributed by atoms with Crippen molar-refractivity contribution >= 4 is 17.9 Å². The number of rotatable bonds is 2. The molecule has 0 atom stereocenters. The summed E-state index contributed by atoms with van der Waals surface area (Å²) in [6.07, 6.45) is 0.786. The highest BCUT2D eigenvalue weighted by molar-refractivity contribution is 6.30. The third kappa shape index (κ3) is 1.92. The molecule has 1 aromatic carbocycles. The number of aryl methyl sites for hydroxylation is 1. The number of carbonyl (C=O) groups is 1. The second-order valence-corrected chi connectivity index (χ2v) is 3.65. The maximum absolute atomic E-state index is 10.8. The summed E-state index contributed by atoms with van der Waals surface area (Å²) < 4.78 is 1.60. The molecule has 0 fully saturated rings. The Hall–Kier alpha value is -1.61. The van der Waals surface area contributed by atoms with Crippen LogP contribution in [0.1, 0.15) is 16.2 Å². The standard InChI is InChI=1S/C11H9ClN2O/c1-8-6-11(7-15)14(13-8)10-4-2-9(12)3-5-10/h2-7H,1H3. The highest BCUT2D eigenvalue weighted by Crippen LogP contribution is 2.14. The van der Waals surface area contributed by atoms with Gasteiger partial charge in [0.25, 0.3) is 0 Å². The molecule has 0 aliphatic carbocycles. The van der Waals surface area contributed by atoms with Crippen molar-refractivity contribution in [3.8, 4) is 5.69 Å². The Morgan fingerprint density at radius 3 is 2.60 bits per heavy atom. The Labute approximate surface area is 92.3 Å². The number of hydrogen-bond donors (Lipinski definition) is 0. The molecule has 1 aromatic heterocycles. The van der Waals surface area contributed by atoms with Crippen molar-refractivity contribution in [2.24, 2.45) is 0 Å². The van der Waals surface area contributed by atoms with E-state index in [0.29, 0.717) is 10.7 Å². The molecule has 3 nitrogen and oxygen atoms in total. The highest BCUT2D eigenvalue weighted by Gasteiger charge is 2.05. The van der Waals surface area contributed by atoms with Gasteiger partial charge in [0.1, 0.15) is 5.69 Å². The molecule has 0 amide bonds. The summed E-state index contributed by atoms with van der Waals surface area (Å²) in [4.78, 5) is 10.8. The van der Waals surface area contributed by atoms with Gasteiger partial charge in [-0.25, -0.2) is 4.68 Å². The first-order valence-corrected chi connectivity index (χ1v) is 4.86. The van der Waals surface area contributed by atoms with E-state index in [1.54, 1.807) is 22.9 Å². The van der Waals surface area contributed by atoms with Gasteiger partial charge in [-0.3, -0.25) is 4.79 Å². The van der Waals surface area contributed by atoms with Gasteiger partial charge in [0, 0.05) is 5.02 Å². The maximum atomic E-state index is 10.8. The Morgan fingerprint density at radius 2 is 2.00 bits per heavy atom. The predicted octanol–water partition coefficient (Wildman–Crippen LogP) is 2.65. The third-order valence-corrected chi connectivity index (χ3v) is 2.30. The third-order valence-electron chi connectivity index (χ3n) is 2.05. The number of carbonyl (C=O) groups excluding carboxylic acids is 1. The Bertz CT molecular complexity index is 488. The predicted molar refractivity (Wildman–Crippen MR) is 58.7 cm³/mol. The highest BCUT2D eigenvalue weighted by atomic mass is 35.5. The molecule has 2 aromatic rings. The van der Waals surface area contributed by atoms with Gasteiger partial charge in [-0.05, 0) is 37.3 Å². The monoisotopic (exact) mass is 220 g/mol. The zero-order valence-electron chi connectivity index (χ0n) is 8.14. The Balaban J connectivity index is 2.52.